The van der Waals surface area contributed by atoms with E-state index in [1.807, 2.05) is 48.5 Å². The minimum Gasteiger partial charge on any atom is -0.323 e. The highest BCUT2D eigenvalue weighted by Gasteiger charge is 2.16. The minimum atomic E-state index is -0.0524. The average molecular weight is 280 g/mol. The molecule has 0 aliphatic rings. The molecule has 1 nitrogen and oxygen atoms in total. The van der Waals surface area contributed by atoms with E-state index >= 15 is 0 Å². The van der Waals surface area contributed by atoms with Gasteiger partial charge in [0.05, 0.1) is 0 Å². The van der Waals surface area contributed by atoms with Crippen molar-refractivity contribution in [3.8, 4) is 0 Å². The first-order valence-corrected chi connectivity index (χ1v) is 6.60. The molecule has 0 saturated carbocycles. The third kappa shape index (κ3) is 3.05. The Kier molecular flexibility index (Phi) is 4.28. The molecule has 18 heavy (non-hydrogen) atoms. The largest absolute Gasteiger partial charge is 0.323 e. The summed E-state index contributed by atoms with van der Waals surface area (Å²) in [6, 6.07) is 15.4. The van der Waals surface area contributed by atoms with Gasteiger partial charge in [0.15, 0.2) is 0 Å². The van der Waals surface area contributed by atoms with Crippen LogP contribution in [0.5, 0.6) is 0 Å². The zero-order chi connectivity index (χ0) is 13.1. The molecule has 0 radical (unpaired) electrons. The van der Waals surface area contributed by atoms with E-state index < -0.39 is 0 Å². The van der Waals surface area contributed by atoms with Crippen molar-refractivity contribution in [2.75, 3.05) is 0 Å². The Morgan fingerprint density at radius 1 is 0.778 bits per heavy atom. The summed E-state index contributed by atoms with van der Waals surface area (Å²) in [6.45, 7) is 2.11. The summed E-state index contributed by atoms with van der Waals surface area (Å²) in [5.74, 6) is 0.225. The molecule has 3 heteroatoms. The molecule has 0 aliphatic carbocycles. The molecule has 0 aromatic heterocycles. The highest BCUT2D eigenvalue weighted by atomic mass is 35.5. The highest BCUT2D eigenvalue weighted by molar-refractivity contribution is 6.30. The van der Waals surface area contributed by atoms with Gasteiger partial charge in [0.2, 0.25) is 0 Å². The molecule has 94 valence electrons. The molecule has 2 unspecified atom stereocenters. The van der Waals surface area contributed by atoms with Gasteiger partial charge in [0.1, 0.15) is 0 Å². The number of nitrogens with two attached hydrogens (primary N) is 1. The smallest absolute Gasteiger partial charge is 0.0406 e. The lowest BCUT2D eigenvalue weighted by Crippen LogP contribution is -2.17. The second-order valence-electron chi connectivity index (χ2n) is 4.42. The molecule has 2 aromatic rings. The zero-order valence-corrected chi connectivity index (χ0v) is 11.6. The van der Waals surface area contributed by atoms with E-state index in [0.29, 0.717) is 0 Å². The van der Waals surface area contributed by atoms with Crippen LogP contribution < -0.4 is 5.73 Å². The monoisotopic (exact) mass is 279 g/mol. The molecule has 2 aromatic carbocycles. The topological polar surface area (TPSA) is 26.0 Å². The van der Waals surface area contributed by atoms with Gasteiger partial charge in [-0.3, -0.25) is 0 Å². The zero-order valence-electron chi connectivity index (χ0n) is 10.1. The van der Waals surface area contributed by atoms with Crippen LogP contribution in [-0.4, -0.2) is 0 Å². The van der Waals surface area contributed by atoms with Crippen LogP contribution in [-0.2, 0) is 0 Å². The normalized spacial score (nSPS) is 14.2. The van der Waals surface area contributed by atoms with Crippen LogP contribution in [0.25, 0.3) is 0 Å². The van der Waals surface area contributed by atoms with Gasteiger partial charge in [-0.1, -0.05) is 54.4 Å². The van der Waals surface area contributed by atoms with Crippen LogP contribution in [0.3, 0.4) is 0 Å². The Balaban J connectivity index is 2.20. The maximum absolute atomic E-state index is 6.28. The summed E-state index contributed by atoms with van der Waals surface area (Å²) in [4.78, 5) is 0. The summed E-state index contributed by atoms with van der Waals surface area (Å²) in [7, 11) is 0. The van der Waals surface area contributed by atoms with E-state index in [9.17, 15) is 0 Å². The van der Waals surface area contributed by atoms with Crippen molar-refractivity contribution >= 4 is 23.2 Å². The molecule has 0 saturated heterocycles. The molecule has 0 amide bonds. The fraction of sp³-hybridized carbons (Fsp3) is 0.200. The van der Waals surface area contributed by atoms with Crippen LogP contribution in [0, 0.1) is 0 Å². The standard InChI is InChI=1S/C15H15Cl2N/c1-10(11-2-6-13(16)7-3-11)15(18)12-4-8-14(17)9-5-12/h2-10,15H,18H2,1H3. The lowest BCUT2D eigenvalue weighted by Gasteiger charge is -2.21. The van der Waals surface area contributed by atoms with E-state index in [4.69, 9.17) is 28.9 Å². The SMILES string of the molecule is CC(c1ccc(Cl)cc1)C(N)c1ccc(Cl)cc1. The fourth-order valence-electron chi connectivity index (χ4n) is 1.95. The number of rotatable bonds is 3. The molecule has 0 spiro atoms. The molecule has 0 bridgehead atoms. The first-order valence-electron chi connectivity index (χ1n) is 5.84. The van der Waals surface area contributed by atoms with E-state index in [1.54, 1.807) is 0 Å². The molecule has 2 rings (SSSR count). The summed E-state index contributed by atoms with van der Waals surface area (Å²) >= 11 is 11.8. The van der Waals surface area contributed by atoms with Crippen molar-refractivity contribution in [1.29, 1.82) is 0 Å². The third-order valence-corrected chi connectivity index (χ3v) is 3.69. The number of hydrogen-bond donors (Lipinski definition) is 1. The van der Waals surface area contributed by atoms with E-state index in [-0.39, 0.29) is 12.0 Å². The maximum atomic E-state index is 6.28. The average Bonchev–Trinajstić information content (AvgIpc) is 2.39. The van der Waals surface area contributed by atoms with Gasteiger partial charge in [-0.05, 0) is 35.4 Å². The van der Waals surface area contributed by atoms with Crippen LogP contribution in [0.1, 0.15) is 30.0 Å². The molecular weight excluding hydrogens is 265 g/mol. The number of benzene rings is 2. The molecule has 2 N–H and O–H groups in total. The van der Waals surface area contributed by atoms with E-state index in [0.717, 1.165) is 15.6 Å². The van der Waals surface area contributed by atoms with Crippen molar-refractivity contribution in [1.82, 2.24) is 0 Å². The first kappa shape index (κ1) is 13.4. The molecule has 0 fully saturated rings. The van der Waals surface area contributed by atoms with Crippen molar-refractivity contribution < 1.29 is 0 Å². The summed E-state index contributed by atoms with van der Waals surface area (Å²) in [6.07, 6.45) is 0. The van der Waals surface area contributed by atoms with Gasteiger partial charge in [0, 0.05) is 22.0 Å². The van der Waals surface area contributed by atoms with Crippen molar-refractivity contribution in [3.63, 3.8) is 0 Å². The van der Waals surface area contributed by atoms with Gasteiger partial charge in [-0.25, -0.2) is 0 Å². The highest BCUT2D eigenvalue weighted by Crippen LogP contribution is 2.29. The molecule has 0 heterocycles. The van der Waals surface area contributed by atoms with Crippen LogP contribution >= 0.6 is 23.2 Å². The number of hydrogen-bond acceptors (Lipinski definition) is 1. The Bertz CT molecular complexity index is 456. The molecule has 2 atom stereocenters. The summed E-state index contributed by atoms with van der Waals surface area (Å²) in [5.41, 5.74) is 8.55. The van der Waals surface area contributed by atoms with Crippen LogP contribution in [0.15, 0.2) is 48.5 Å². The Hall–Kier alpha value is -1.02. The maximum Gasteiger partial charge on any atom is 0.0406 e. The van der Waals surface area contributed by atoms with Crippen molar-refractivity contribution in [2.24, 2.45) is 5.73 Å². The lowest BCUT2D eigenvalue weighted by molar-refractivity contribution is 0.598. The Labute approximate surface area is 118 Å². The lowest BCUT2D eigenvalue weighted by atomic mass is 9.89. The van der Waals surface area contributed by atoms with Crippen LogP contribution in [0.4, 0.5) is 0 Å². The first-order chi connectivity index (χ1) is 8.58. The minimum absolute atomic E-state index is 0.0524. The molecule has 0 aliphatic heterocycles. The molecular formula is C15H15Cl2N. The van der Waals surface area contributed by atoms with Gasteiger partial charge in [-0.2, -0.15) is 0 Å². The van der Waals surface area contributed by atoms with E-state index in [1.165, 1.54) is 5.56 Å². The second-order valence-corrected chi connectivity index (χ2v) is 5.29. The van der Waals surface area contributed by atoms with Gasteiger partial charge in [0.25, 0.3) is 0 Å². The Morgan fingerprint density at radius 3 is 1.61 bits per heavy atom. The Morgan fingerprint density at radius 2 is 1.17 bits per heavy atom. The van der Waals surface area contributed by atoms with E-state index in [2.05, 4.69) is 6.92 Å². The predicted octanol–water partition coefficient (Wildman–Crippen LogP) is 4.80. The van der Waals surface area contributed by atoms with Crippen molar-refractivity contribution in [2.45, 2.75) is 18.9 Å². The van der Waals surface area contributed by atoms with Crippen LogP contribution in [0.2, 0.25) is 10.0 Å². The predicted molar refractivity (Wildman–Crippen MR) is 78.2 cm³/mol. The van der Waals surface area contributed by atoms with Gasteiger partial charge in [-0.15, -0.1) is 0 Å². The third-order valence-electron chi connectivity index (χ3n) is 3.19. The summed E-state index contributed by atoms with van der Waals surface area (Å²) in [5, 5.41) is 1.47. The number of halogens is 2. The van der Waals surface area contributed by atoms with Gasteiger partial charge >= 0.3 is 0 Å². The summed E-state index contributed by atoms with van der Waals surface area (Å²) < 4.78 is 0. The van der Waals surface area contributed by atoms with Gasteiger partial charge < -0.3 is 5.73 Å². The fourth-order valence-corrected chi connectivity index (χ4v) is 2.20. The quantitative estimate of drug-likeness (QED) is 0.858. The van der Waals surface area contributed by atoms with Crippen molar-refractivity contribution in [3.05, 3.63) is 69.7 Å². The second kappa shape index (κ2) is 5.75.